The molecule has 0 spiro atoms. The van der Waals surface area contributed by atoms with Crippen molar-refractivity contribution in [3.8, 4) is 0 Å². The summed E-state index contributed by atoms with van der Waals surface area (Å²) in [5.74, 6) is -0.153. The third-order valence-corrected chi connectivity index (χ3v) is 4.33. The van der Waals surface area contributed by atoms with E-state index in [1.54, 1.807) is 24.0 Å². The molecule has 1 N–H and O–H groups in total. The fourth-order valence-electron chi connectivity index (χ4n) is 2.38. The number of amides is 1. The van der Waals surface area contributed by atoms with Crippen LogP contribution in [0.25, 0.3) is 0 Å². The molecule has 1 aromatic carbocycles. The van der Waals surface area contributed by atoms with Crippen molar-refractivity contribution in [1.82, 2.24) is 20.3 Å². The van der Waals surface area contributed by atoms with Gasteiger partial charge in [-0.25, -0.2) is 0 Å². The van der Waals surface area contributed by atoms with Crippen LogP contribution in [-0.4, -0.2) is 45.9 Å². The number of carbonyl (C=O) groups excluding carboxylic acids is 1. The van der Waals surface area contributed by atoms with Crippen molar-refractivity contribution in [2.45, 2.75) is 13.0 Å². The van der Waals surface area contributed by atoms with Gasteiger partial charge in [0.2, 0.25) is 0 Å². The maximum atomic E-state index is 12.5. The summed E-state index contributed by atoms with van der Waals surface area (Å²) < 4.78 is 5.75. The maximum Gasteiger partial charge on any atom is 0.276 e. The van der Waals surface area contributed by atoms with Gasteiger partial charge in [0.05, 0.1) is 28.9 Å². The van der Waals surface area contributed by atoms with Crippen LogP contribution in [0.15, 0.2) is 18.2 Å². The van der Waals surface area contributed by atoms with E-state index in [-0.39, 0.29) is 12.0 Å². The number of hydrogen-bond acceptors (Lipinski definition) is 4. The van der Waals surface area contributed by atoms with E-state index in [1.165, 1.54) is 0 Å². The summed E-state index contributed by atoms with van der Waals surface area (Å²) in [7, 11) is 0. The average molecular weight is 341 g/mol. The average Bonchev–Trinajstić information content (AvgIpc) is 2.95. The number of aromatic nitrogens is 3. The van der Waals surface area contributed by atoms with Crippen molar-refractivity contribution in [2.24, 2.45) is 0 Å². The number of benzene rings is 1. The first-order chi connectivity index (χ1) is 10.6. The third-order valence-electron chi connectivity index (χ3n) is 3.59. The Morgan fingerprint density at radius 1 is 1.36 bits per heavy atom. The van der Waals surface area contributed by atoms with E-state index in [4.69, 9.17) is 27.9 Å². The Labute approximate surface area is 137 Å². The van der Waals surface area contributed by atoms with Gasteiger partial charge < -0.3 is 9.64 Å². The van der Waals surface area contributed by atoms with E-state index in [2.05, 4.69) is 15.4 Å². The second-order valence-electron chi connectivity index (χ2n) is 5.04. The summed E-state index contributed by atoms with van der Waals surface area (Å²) >= 11 is 12.0. The van der Waals surface area contributed by atoms with E-state index < -0.39 is 0 Å². The smallest absolute Gasteiger partial charge is 0.276 e. The molecular weight excluding hydrogens is 327 g/mol. The van der Waals surface area contributed by atoms with Crippen molar-refractivity contribution in [3.63, 3.8) is 0 Å². The number of carbonyl (C=O) groups is 1. The van der Waals surface area contributed by atoms with Crippen LogP contribution in [0.4, 0.5) is 0 Å². The molecule has 1 aromatic heterocycles. The highest BCUT2D eigenvalue weighted by Gasteiger charge is 2.28. The van der Waals surface area contributed by atoms with Gasteiger partial charge in [-0.05, 0) is 24.6 Å². The number of aryl methyl sites for hydroxylation is 1. The normalized spacial score (nSPS) is 18.5. The van der Waals surface area contributed by atoms with E-state index in [0.29, 0.717) is 41.1 Å². The van der Waals surface area contributed by atoms with E-state index >= 15 is 0 Å². The summed E-state index contributed by atoms with van der Waals surface area (Å²) in [4.78, 5) is 14.2. The van der Waals surface area contributed by atoms with E-state index in [1.807, 2.05) is 6.07 Å². The molecule has 8 heteroatoms. The number of nitrogens with zero attached hydrogens (tertiary/aromatic N) is 3. The maximum absolute atomic E-state index is 12.5. The lowest BCUT2D eigenvalue weighted by atomic mass is 10.1. The number of halogens is 2. The van der Waals surface area contributed by atoms with Gasteiger partial charge in [-0.1, -0.05) is 29.3 Å². The molecule has 3 rings (SSSR count). The molecule has 2 heterocycles. The van der Waals surface area contributed by atoms with Gasteiger partial charge in [0.25, 0.3) is 5.91 Å². The lowest BCUT2D eigenvalue weighted by Gasteiger charge is -2.33. The van der Waals surface area contributed by atoms with E-state index in [0.717, 1.165) is 5.56 Å². The molecule has 1 amide bonds. The highest BCUT2D eigenvalue weighted by Crippen LogP contribution is 2.29. The number of rotatable bonds is 2. The van der Waals surface area contributed by atoms with Gasteiger partial charge in [0, 0.05) is 6.54 Å². The summed E-state index contributed by atoms with van der Waals surface area (Å²) in [5.41, 5.74) is 1.82. The molecule has 0 radical (unpaired) electrons. The zero-order chi connectivity index (χ0) is 15.7. The molecule has 0 saturated carbocycles. The van der Waals surface area contributed by atoms with Gasteiger partial charge in [-0.2, -0.15) is 15.4 Å². The molecular formula is C14H14Cl2N4O2. The van der Waals surface area contributed by atoms with Crippen molar-refractivity contribution in [3.05, 3.63) is 45.2 Å². The summed E-state index contributed by atoms with van der Waals surface area (Å²) in [5, 5.41) is 11.2. The predicted molar refractivity (Wildman–Crippen MR) is 82.2 cm³/mol. The number of aromatic amines is 1. The van der Waals surface area contributed by atoms with Gasteiger partial charge in [0.1, 0.15) is 6.10 Å². The number of ether oxygens (including phenoxy) is 1. The van der Waals surface area contributed by atoms with Crippen LogP contribution in [-0.2, 0) is 4.74 Å². The first-order valence-corrected chi connectivity index (χ1v) is 7.55. The van der Waals surface area contributed by atoms with Crippen molar-refractivity contribution < 1.29 is 9.53 Å². The molecule has 1 fully saturated rings. The van der Waals surface area contributed by atoms with Crippen LogP contribution < -0.4 is 0 Å². The summed E-state index contributed by atoms with van der Waals surface area (Å²) in [6, 6.07) is 5.35. The zero-order valence-electron chi connectivity index (χ0n) is 11.8. The topological polar surface area (TPSA) is 71.1 Å². The molecule has 116 valence electrons. The fraction of sp³-hybridized carbons (Fsp3) is 0.357. The van der Waals surface area contributed by atoms with Crippen LogP contribution in [0.5, 0.6) is 0 Å². The minimum Gasteiger partial charge on any atom is -0.370 e. The lowest BCUT2D eigenvalue weighted by molar-refractivity contribution is -0.0230. The standard InChI is InChI=1S/C14H14Cl2N4O2/c1-8-13(18-19-17-8)14(21)20-4-5-22-12(7-20)9-2-3-10(15)11(16)6-9/h2-3,6,12H,4-5,7H2,1H3,(H,17,18,19)/t12-/m1/s1. The summed E-state index contributed by atoms with van der Waals surface area (Å²) in [6.45, 7) is 3.15. The van der Waals surface area contributed by atoms with E-state index in [9.17, 15) is 4.79 Å². The number of morpholine rings is 1. The molecule has 2 aromatic rings. The molecule has 0 bridgehead atoms. The number of hydrogen-bond donors (Lipinski definition) is 1. The minimum atomic E-state index is -0.236. The molecule has 0 unspecified atom stereocenters. The van der Waals surface area contributed by atoms with Gasteiger partial charge >= 0.3 is 0 Å². The predicted octanol–water partition coefficient (Wildman–Crippen LogP) is 2.63. The second-order valence-corrected chi connectivity index (χ2v) is 5.86. The fourth-order valence-corrected chi connectivity index (χ4v) is 2.69. The molecule has 1 aliphatic rings. The Balaban J connectivity index is 1.78. The molecule has 22 heavy (non-hydrogen) atoms. The first-order valence-electron chi connectivity index (χ1n) is 6.79. The van der Waals surface area contributed by atoms with Crippen molar-refractivity contribution in [1.29, 1.82) is 0 Å². The quantitative estimate of drug-likeness (QED) is 0.912. The Bertz CT molecular complexity index is 704. The lowest BCUT2D eigenvalue weighted by Crippen LogP contribution is -2.42. The van der Waals surface area contributed by atoms with Crippen LogP contribution in [0.3, 0.4) is 0 Å². The Kier molecular flexibility index (Phi) is 4.33. The second kappa shape index (κ2) is 6.24. The number of H-pyrrole nitrogens is 1. The largest absolute Gasteiger partial charge is 0.370 e. The number of nitrogens with one attached hydrogen (secondary N) is 1. The first kappa shape index (κ1) is 15.3. The van der Waals surface area contributed by atoms with Crippen LogP contribution in [0, 0.1) is 6.92 Å². The Morgan fingerprint density at radius 2 is 2.18 bits per heavy atom. The van der Waals surface area contributed by atoms with Gasteiger partial charge in [0.15, 0.2) is 5.69 Å². The van der Waals surface area contributed by atoms with Crippen molar-refractivity contribution >= 4 is 29.1 Å². The monoisotopic (exact) mass is 340 g/mol. The summed E-state index contributed by atoms with van der Waals surface area (Å²) in [6.07, 6.45) is -0.236. The minimum absolute atomic E-state index is 0.153. The van der Waals surface area contributed by atoms with Crippen molar-refractivity contribution in [2.75, 3.05) is 19.7 Å². The SMILES string of the molecule is Cc1n[nH]nc1C(=O)N1CCO[C@@H](c2ccc(Cl)c(Cl)c2)C1. The van der Waals surface area contributed by atoms with Gasteiger partial charge in [-0.15, -0.1) is 0 Å². The molecule has 0 aliphatic carbocycles. The van der Waals surface area contributed by atoms with Crippen LogP contribution in [0.2, 0.25) is 10.0 Å². The highest BCUT2D eigenvalue weighted by atomic mass is 35.5. The Morgan fingerprint density at radius 3 is 2.86 bits per heavy atom. The third kappa shape index (κ3) is 2.95. The molecule has 1 saturated heterocycles. The molecule has 6 nitrogen and oxygen atoms in total. The Hall–Kier alpha value is -1.63. The molecule has 1 aliphatic heterocycles. The van der Waals surface area contributed by atoms with Crippen LogP contribution >= 0.6 is 23.2 Å². The van der Waals surface area contributed by atoms with Gasteiger partial charge in [-0.3, -0.25) is 4.79 Å². The highest BCUT2D eigenvalue weighted by molar-refractivity contribution is 6.42. The molecule has 1 atom stereocenters. The zero-order valence-corrected chi connectivity index (χ0v) is 13.4. The van der Waals surface area contributed by atoms with Crippen LogP contribution in [0.1, 0.15) is 27.8 Å².